The molecule has 0 radical (unpaired) electrons. The van der Waals surface area contributed by atoms with Gasteiger partial charge in [0.1, 0.15) is 6.61 Å². The van der Waals surface area contributed by atoms with Crippen LogP contribution in [0.5, 0.6) is 0 Å². The van der Waals surface area contributed by atoms with Gasteiger partial charge in [0.25, 0.3) is 0 Å². The Morgan fingerprint density at radius 1 is 1.60 bits per heavy atom. The molecule has 0 aliphatic rings. The quantitative estimate of drug-likeness (QED) is 0.527. The van der Waals surface area contributed by atoms with E-state index in [1.54, 1.807) is 26.8 Å². The Bertz CT molecular complexity index is 241. The summed E-state index contributed by atoms with van der Waals surface area (Å²) in [5, 5.41) is 18.9. The number of ether oxygens (including phenoxy) is 2. The molecule has 0 rings (SSSR count). The smallest absolute Gasteiger partial charge is 0.406 e. The van der Waals surface area contributed by atoms with Crippen molar-refractivity contribution in [1.29, 1.82) is 5.26 Å². The first-order valence-corrected chi connectivity index (χ1v) is 4.47. The third-order valence-electron chi connectivity index (χ3n) is 1.22. The highest BCUT2D eigenvalue weighted by Gasteiger charge is 2.20. The minimum Gasteiger partial charge on any atom is -0.465 e. The van der Waals surface area contributed by atoms with Gasteiger partial charge in [0.15, 0.2) is 6.23 Å². The van der Waals surface area contributed by atoms with Crippen molar-refractivity contribution in [3.63, 3.8) is 0 Å². The predicted octanol–water partition coefficient (Wildman–Crippen LogP) is 0.935. The van der Waals surface area contributed by atoms with Crippen LogP contribution in [0.25, 0.3) is 0 Å². The second-order valence-corrected chi connectivity index (χ2v) is 3.84. The number of hydrogen-bond acceptors (Lipinski definition) is 4. The Morgan fingerprint density at radius 2 is 2.20 bits per heavy atom. The van der Waals surface area contributed by atoms with Crippen LogP contribution >= 0.6 is 0 Å². The lowest BCUT2D eigenvalue weighted by molar-refractivity contribution is -0.0995. The number of hydrogen-bond donors (Lipinski definition) is 2. The van der Waals surface area contributed by atoms with Gasteiger partial charge in [-0.25, -0.2) is 4.79 Å². The van der Waals surface area contributed by atoms with Crippen LogP contribution in [0.1, 0.15) is 20.8 Å². The van der Waals surface area contributed by atoms with Crippen LogP contribution in [0.15, 0.2) is 0 Å². The fourth-order valence-corrected chi connectivity index (χ4v) is 0.881. The molecule has 15 heavy (non-hydrogen) atoms. The maximum Gasteiger partial charge on any atom is 0.406 e. The first-order valence-electron chi connectivity index (χ1n) is 4.47. The van der Waals surface area contributed by atoms with E-state index >= 15 is 0 Å². The number of amides is 1. The summed E-state index contributed by atoms with van der Waals surface area (Å²) in [6.45, 7) is 5.32. The van der Waals surface area contributed by atoms with Gasteiger partial charge in [0.2, 0.25) is 0 Å². The molecule has 1 amide bonds. The van der Waals surface area contributed by atoms with Crippen LogP contribution in [-0.2, 0) is 9.47 Å². The van der Waals surface area contributed by atoms with Crippen LogP contribution in [0, 0.1) is 11.3 Å². The van der Waals surface area contributed by atoms with Crippen molar-refractivity contribution >= 4 is 6.09 Å². The van der Waals surface area contributed by atoms with Crippen LogP contribution in [0.2, 0.25) is 0 Å². The second-order valence-electron chi connectivity index (χ2n) is 3.84. The zero-order valence-electron chi connectivity index (χ0n) is 9.11. The Labute approximate surface area is 88.8 Å². The van der Waals surface area contributed by atoms with E-state index in [-0.39, 0.29) is 13.2 Å². The van der Waals surface area contributed by atoms with E-state index in [1.165, 1.54) is 0 Å². The van der Waals surface area contributed by atoms with Crippen molar-refractivity contribution in [2.45, 2.75) is 32.6 Å². The SMILES string of the molecule is CC(C)(C)OC(COCC#N)NC(=O)O. The molecule has 0 aliphatic carbocycles. The van der Waals surface area contributed by atoms with Crippen molar-refractivity contribution in [1.82, 2.24) is 5.32 Å². The molecule has 0 heterocycles. The van der Waals surface area contributed by atoms with E-state index in [9.17, 15) is 4.79 Å². The van der Waals surface area contributed by atoms with E-state index in [4.69, 9.17) is 19.8 Å². The molecular weight excluding hydrogens is 200 g/mol. The van der Waals surface area contributed by atoms with Crippen molar-refractivity contribution in [3.05, 3.63) is 0 Å². The van der Waals surface area contributed by atoms with E-state index in [0.717, 1.165) is 0 Å². The van der Waals surface area contributed by atoms with Gasteiger partial charge in [-0.05, 0) is 20.8 Å². The van der Waals surface area contributed by atoms with Crippen LogP contribution in [0.3, 0.4) is 0 Å². The third kappa shape index (κ3) is 9.00. The summed E-state index contributed by atoms with van der Waals surface area (Å²) in [5.74, 6) is 0. The van der Waals surface area contributed by atoms with Crippen LogP contribution in [-0.4, -0.2) is 36.2 Å². The zero-order valence-corrected chi connectivity index (χ0v) is 9.11. The number of carboxylic acid groups (broad SMARTS) is 1. The number of nitrogens with one attached hydrogen (secondary N) is 1. The average molecular weight is 216 g/mol. The van der Waals surface area contributed by atoms with Gasteiger partial charge in [0.05, 0.1) is 18.3 Å². The molecule has 1 atom stereocenters. The maximum absolute atomic E-state index is 10.4. The van der Waals surface area contributed by atoms with Crippen LogP contribution < -0.4 is 5.32 Å². The largest absolute Gasteiger partial charge is 0.465 e. The third-order valence-corrected chi connectivity index (χ3v) is 1.22. The molecule has 0 bridgehead atoms. The lowest BCUT2D eigenvalue weighted by Gasteiger charge is -2.26. The van der Waals surface area contributed by atoms with Crippen molar-refractivity contribution in [2.75, 3.05) is 13.2 Å². The van der Waals surface area contributed by atoms with Gasteiger partial charge in [-0.15, -0.1) is 0 Å². The molecule has 0 aromatic carbocycles. The van der Waals surface area contributed by atoms with E-state index in [0.29, 0.717) is 0 Å². The highest BCUT2D eigenvalue weighted by molar-refractivity contribution is 5.64. The van der Waals surface area contributed by atoms with E-state index < -0.39 is 17.9 Å². The molecule has 0 spiro atoms. The highest BCUT2D eigenvalue weighted by atomic mass is 16.6. The summed E-state index contributed by atoms with van der Waals surface area (Å²) in [5.41, 5.74) is -0.483. The molecule has 0 aromatic heterocycles. The van der Waals surface area contributed by atoms with Gasteiger partial charge >= 0.3 is 6.09 Å². The molecule has 0 aromatic rings. The number of nitrogens with zero attached hydrogens (tertiary/aromatic N) is 1. The average Bonchev–Trinajstić information content (AvgIpc) is 2.00. The summed E-state index contributed by atoms with van der Waals surface area (Å²) >= 11 is 0. The Morgan fingerprint density at radius 3 is 2.60 bits per heavy atom. The fourth-order valence-electron chi connectivity index (χ4n) is 0.881. The Kier molecular flexibility index (Phi) is 5.67. The molecule has 1 unspecified atom stereocenters. The summed E-state index contributed by atoms with van der Waals surface area (Å²) in [4.78, 5) is 10.4. The predicted molar refractivity (Wildman–Crippen MR) is 52.2 cm³/mol. The first kappa shape index (κ1) is 13.7. The van der Waals surface area contributed by atoms with Gasteiger partial charge in [-0.1, -0.05) is 0 Å². The molecule has 0 saturated carbocycles. The topological polar surface area (TPSA) is 91.6 Å². The van der Waals surface area contributed by atoms with Crippen molar-refractivity contribution < 1.29 is 19.4 Å². The number of carbonyl (C=O) groups is 1. The lowest BCUT2D eigenvalue weighted by Crippen LogP contribution is -2.43. The molecule has 0 fully saturated rings. The Balaban J connectivity index is 4.07. The number of nitriles is 1. The van der Waals surface area contributed by atoms with E-state index in [2.05, 4.69) is 5.32 Å². The zero-order chi connectivity index (χ0) is 11.9. The van der Waals surface area contributed by atoms with E-state index in [1.807, 2.05) is 0 Å². The summed E-state index contributed by atoms with van der Waals surface area (Å²) in [6, 6.07) is 1.79. The summed E-state index contributed by atoms with van der Waals surface area (Å²) in [6.07, 6.45) is -1.96. The lowest BCUT2D eigenvalue weighted by atomic mass is 10.2. The monoisotopic (exact) mass is 216 g/mol. The van der Waals surface area contributed by atoms with Crippen LogP contribution in [0.4, 0.5) is 4.79 Å². The summed E-state index contributed by atoms with van der Waals surface area (Å²) < 4.78 is 10.2. The van der Waals surface area contributed by atoms with Gasteiger partial charge < -0.3 is 14.6 Å². The second kappa shape index (κ2) is 6.22. The molecule has 6 heteroatoms. The molecular formula is C9H16N2O4. The molecule has 2 N–H and O–H groups in total. The van der Waals surface area contributed by atoms with Crippen molar-refractivity contribution in [2.24, 2.45) is 0 Å². The Hall–Kier alpha value is -1.32. The minimum absolute atomic E-state index is 0.0110. The molecule has 0 saturated heterocycles. The van der Waals surface area contributed by atoms with Crippen molar-refractivity contribution in [3.8, 4) is 6.07 Å². The minimum atomic E-state index is -1.19. The molecule has 0 aliphatic heterocycles. The highest BCUT2D eigenvalue weighted by Crippen LogP contribution is 2.09. The standard InChI is InChI=1S/C9H16N2O4/c1-9(2,3)15-7(11-8(12)13)6-14-5-4-10/h7,11H,5-6H2,1-3H3,(H,12,13). The van der Waals surface area contributed by atoms with Gasteiger partial charge in [-0.3, -0.25) is 5.32 Å². The van der Waals surface area contributed by atoms with Gasteiger partial charge in [-0.2, -0.15) is 5.26 Å². The number of rotatable bonds is 5. The normalized spacial score (nSPS) is 12.9. The first-order chi connectivity index (χ1) is 6.85. The fraction of sp³-hybridized carbons (Fsp3) is 0.778. The molecule has 6 nitrogen and oxygen atoms in total. The molecule has 86 valence electrons. The maximum atomic E-state index is 10.4. The summed E-state index contributed by atoms with van der Waals surface area (Å²) in [7, 11) is 0. The van der Waals surface area contributed by atoms with Gasteiger partial charge in [0, 0.05) is 0 Å².